The zero-order valence-corrected chi connectivity index (χ0v) is 14.2. The first-order valence-corrected chi connectivity index (χ1v) is 9.84. The van der Waals surface area contributed by atoms with Crippen molar-refractivity contribution < 1.29 is 4.79 Å². The Morgan fingerprint density at radius 1 is 0.810 bits per heavy atom. The van der Waals surface area contributed by atoms with Crippen LogP contribution in [0.2, 0.25) is 0 Å². The molecule has 2 aliphatic rings. The monoisotopic (exact) mass is 292 g/mol. The van der Waals surface area contributed by atoms with Gasteiger partial charge in [-0.2, -0.15) is 0 Å². The molecule has 0 heterocycles. The Hall–Kier alpha value is -0.330. The molecule has 2 fully saturated rings. The Kier molecular flexibility index (Phi) is 7.82. The number of unbranched alkanes of at least 4 members (excludes halogenated alkanes) is 6. The molecule has 3 atom stereocenters. The Labute approximate surface area is 132 Å². The van der Waals surface area contributed by atoms with E-state index in [9.17, 15) is 4.79 Å². The van der Waals surface area contributed by atoms with Gasteiger partial charge in [0.25, 0.3) is 0 Å². The fourth-order valence-corrected chi connectivity index (χ4v) is 4.63. The van der Waals surface area contributed by atoms with Crippen molar-refractivity contribution in [3.8, 4) is 0 Å². The minimum atomic E-state index is 0.435. The fourth-order valence-electron chi connectivity index (χ4n) is 4.63. The van der Waals surface area contributed by atoms with E-state index in [-0.39, 0.29) is 0 Å². The van der Waals surface area contributed by atoms with Crippen molar-refractivity contribution in [2.24, 2.45) is 17.8 Å². The molecule has 1 heteroatoms. The van der Waals surface area contributed by atoms with E-state index < -0.39 is 0 Å². The van der Waals surface area contributed by atoms with Gasteiger partial charge in [-0.15, -0.1) is 0 Å². The van der Waals surface area contributed by atoms with Gasteiger partial charge in [0.15, 0.2) is 0 Å². The van der Waals surface area contributed by atoms with Gasteiger partial charge in [-0.3, -0.25) is 4.79 Å². The SMILES string of the molecule is CCCCCCCCCC(=O)C1CCC2CCCCC2C1. The lowest BCUT2D eigenvalue weighted by Gasteiger charge is -2.38. The minimum absolute atomic E-state index is 0.435. The molecule has 1 nitrogen and oxygen atoms in total. The summed E-state index contributed by atoms with van der Waals surface area (Å²) in [5.41, 5.74) is 0. The van der Waals surface area contributed by atoms with Gasteiger partial charge in [0.1, 0.15) is 5.78 Å². The molecule has 2 saturated carbocycles. The predicted octanol–water partition coefficient (Wildman–Crippen LogP) is 6.30. The lowest BCUT2D eigenvalue weighted by Crippen LogP contribution is -2.31. The van der Waals surface area contributed by atoms with E-state index >= 15 is 0 Å². The van der Waals surface area contributed by atoms with E-state index in [1.54, 1.807) is 0 Å². The molecule has 0 aromatic rings. The first kappa shape index (κ1) is 17.0. The van der Waals surface area contributed by atoms with Crippen LogP contribution in [0.1, 0.15) is 103 Å². The average Bonchev–Trinajstić information content (AvgIpc) is 2.53. The third kappa shape index (κ3) is 5.75. The molecule has 2 rings (SSSR count). The molecule has 0 amide bonds. The van der Waals surface area contributed by atoms with Crippen LogP contribution in [0, 0.1) is 17.8 Å². The van der Waals surface area contributed by atoms with Gasteiger partial charge in [-0.05, 0) is 37.5 Å². The average molecular weight is 293 g/mol. The summed E-state index contributed by atoms with van der Waals surface area (Å²) in [6.45, 7) is 2.26. The molecule has 0 spiro atoms. The largest absolute Gasteiger partial charge is 0.299 e. The van der Waals surface area contributed by atoms with Crippen LogP contribution in [0.5, 0.6) is 0 Å². The number of carbonyl (C=O) groups is 1. The Balaban J connectivity index is 1.56. The van der Waals surface area contributed by atoms with Crippen molar-refractivity contribution in [3.05, 3.63) is 0 Å². The van der Waals surface area contributed by atoms with Crippen molar-refractivity contribution in [3.63, 3.8) is 0 Å². The summed E-state index contributed by atoms with van der Waals surface area (Å²) >= 11 is 0. The summed E-state index contributed by atoms with van der Waals surface area (Å²) in [6.07, 6.45) is 19.6. The molecule has 0 N–H and O–H groups in total. The first-order valence-electron chi connectivity index (χ1n) is 9.84. The van der Waals surface area contributed by atoms with Gasteiger partial charge in [0, 0.05) is 12.3 Å². The molecule has 0 radical (unpaired) electrons. The molecular weight excluding hydrogens is 256 g/mol. The van der Waals surface area contributed by atoms with Crippen molar-refractivity contribution in [2.45, 2.75) is 103 Å². The second-order valence-corrected chi connectivity index (χ2v) is 7.65. The Bertz CT molecular complexity index is 296. The first-order chi connectivity index (χ1) is 10.3. The summed E-state index contributed by atoms with van der Waals surface area (Å²) < 4.78 is 0. The van der Waals surface area contributed by atoms with Crippen molar-refractivity contribution in [2.75, 3.05) is 0 Å². The molecule has 21 heavy (non-hydrogen) atoms. The van der Waals surface area contributed by atoms with E-state index in [1.165, 1.54) is 83.5 Å². The second-order valence-electron chi connectivity index (χ2n) is 7.65. The van der Waals surface area contributed by atoms with Crippen LogP contribution in [0.25, 0.3) is 0 Å². The third-order valence-electron chi connectivity index (χ3n) is 6.02. The van der Waals surface area contributed by atoms with Gasteiger partial charge in [-0.25, -0.2) is 0 Å². The van der Waals surface area contributed by atoms with Crippen LogP contribution in [0.15, 0.2) is 0 Å². The number of carbonyl (C=O) groups excluding carboxylic acids is 1. The molecule has 0 bridgehead atoms. The van der Waals surface area contributed by atoms with Crippen LogP contribution in [-0.2, 0) is 4.79 Å². The zero-order chi connectivity index (χ0) is 14.9. The summed E-state index contributed by atoms with van der Waals surface area (Å²) in [6, 6.07) is 0. The summed E-state index contributed by atoms with van der Waals surface area (Å²) in [5.74, 6) is 2.91. The smallest absolute Gasteiger partial charge is 0.135 e. The molecule has 3 unspecified atom stereocenters. The highest BCUT2D eigenvalue weighted by Gasteiger charge is 2.34. The summed E-state index contributed by atoms with van der Waals surface area (Å²) in [4.78, 5) is 12.4. The van der Waals surface area contributed by atoms with E-state index in [1.807, 2.05) is 0 Å². The van der Waals surface area contributed by atoms with Crippen LogP contribution >= 0.6 is 0 Å². The number of hydrogen-bond donors (Lipinski definition) is 0. The molecular formula is C20H36O. The maximum Gasteiger partial charge on any atom is 0.135 e. The Morgan fingerprint density at radius 3 is 2.24 bits per heavy atom. The van der Waals surface area contributed by atoms with Crippen molar-refractivity contribution in [1.82, 2.24) is 0 Å². The van der Waals surface area contributed by atoms with Crippen LogP contribution in [-0.4, -0.2) is 5.78 Å². The highest BCUT2D eigenvalue weighted by Crippen LogP contribution is 2.43. The van der Waals surface area contributed by atoms with E-state index in [0.29, 0.717) is 11.7 Å². The Morgan fingerprint density at radius 2 is 1.48 bits per heavy atom. The molecule has 122 valence electrons. The lowest BCUT2D eigenvalue weighted by atomic mass is 9.66. The molecule has 0 aliphatic heterocycles. The van der Waals surface area contributed by atoms with E-state index in [4.69, 9.17) is 0 Å². The van der Waals surface area contributed by atoms with Gasteiger partial charge < -0.3 is 0 Å². The fraction of sp³-hybridized carbons (Fsp3) is 0.950. The van der Waals surface area contributed by atoms with Crippen molar-refractivity contribution in [1.29, 1.82) is 0 Å². The van der Waals surface area contributed by atoms with Gasteiger partial charge >= 0.3 is 0 Å². The quantitative estimate of drug-likeness (QED) is 0.455. The number of Topliss-reactive ketones (excluding diaryl/α,β-unsaturated/α-hetero) is 1. The maximum atomic E-state index is 12.4. The highest BCUT2D eigenvalue weighted by molar-refractivity contribution is 5.81. The van der Waals surface area contributed by atoms with Crippen LogP contribution < -0.4 is 0 Å². The molecule has 0 saturated heterocycles. The van der Waals surface area contributed by atoms with Gasteiger partial charge in [0.05, 0.1) is 0 Å². The second kappa shape index (κ2) is 9.64. The zero-order valence-electron chi connectivity index (χ0n) is 14.2. The standard InChI is InChI=1S/C20H36O/c1-2-3-4-5-6-7-8-13-20(21)19-15-14-17-11-9-10-12-18(17)16-19/h17-19H,2-16H2,1H3. The van der Waals surface area contributed by atoms with Crippen molar-refractivity contribution >= 4 is 5.78 Å². The predicted molar refractivity (Wildman–Crippen MR) is 90.4 cm³/mol. The van der Waals surface area contributed by atoms with Crippen LogP contribution in [0.3, 0.4) is 0 Å². The number of rotatable bonds is 9. The van der Waals surface area contributed by atoms with Gasteiger partial charge in [-0.1, -0.05) is 71.1 Å². The minimum Gasteiger partial charge on any atom is -0.299 e. The summed E-state index contributed by atoms with van der Waals surface area (Å²) in [5, 5.41) is 0. The van der Waals surface area contributed by atoms with E-state index in [0.717, 1.165) is 24.7 Å². The molecule has 0 aromatic carbocycles. The normalized spacial score (nSPS) is 29.1. The number of fused-ring (bicyclic) bond motifs is 1. The number of hydrogen-bond acceptors (Lipinski definition) is 1. The maximum absolute atomic E-state index is 12.4. The number of ketones is 1. The molecule has 2 aliphatic carbocycles. The van der Waals surface area contributed by atoms with Crippen LogP contribution in [0.4, 0.5) is 0 Å². The lowest BCUT2D eigenvalue weighted by molar-refractivity contribution is -0.125. The highest BCUT2D eigenvalue weighted by atomic mass is 16.1. The third-order valence-corrected chi connectivity index (χ3v) is 6.02. The topological polar surface area (TPSA) is 17.1 Å². The van der Waals surface area contributed by atoms with Gasteiger partial charge in [0.2, 0.25) is 0 Å². The molecule has 0 aromatic heterocycles. The van der Waals surface area contributed by atoms with E-state index in [2.05, 4.69) is 6.92 Å². The summed E-state index contributed by atoms with van der Waals surface area (Å²) in [7, 11) is 0.